The number of carbonyl (C=O) groups is 1. The molecule has 7 heteroatoms. The van der Waals surface area contributed by atoms with Crippen LogP contribution < -0.4 is 9.47 Å². The molecule has 0 aliphatic heterocycles. The molecule has 226 valence electrons. The van der Waals surface area contributed by atoms with Crippen molar-refractivity contribution >= 4 is 39.5 Å². The summed E-state index contributed by atoms with van der Waals surface area (Å²) >= 11 is 3.97. The van der Waals surface area contributed by atoms with E-state index >= 15 is 0 Å². The molecule has 7 aromatic rings. The van der Waals surface area contributed by atoms with Crippen LogP contribution in [0.15, 0.2) is 132 Å². The number of thiol groups is 1. The third-order valence-electron chi connectivity index (χ3n) is 7.83. The highest BCUT2D eigenvalue weighted by Gasteiger charge is 2.18. The quantitative estimate of drug-likeness (QED) is 0.145. The zero-order chi connectivity index (χ0) is 31.3. The van der Waals surface area contributed by atoms with Gasteiger partial charge in [0.15, 0.2) is 5.12 Å². The molecule has 0 aliphatic rings. The Morgan fingerprint density at radius 2 is 1.15 bits per heavy atom. The van der Waals surface area contributed by atoms with Crippen LogP contribution in [0.3, 0.4) is 0 Å². The van der Waals surface area contributed by atoms with Gasteiger partial charge in [0.05, 0.1) is 28.7 Å². The lowest BCUT2D eigenvalue weighted by Gasteiger charge is -2.11. The minimum absolute atomic E-state index is 0.183. The lowest BCUT2D eigenvalue weighted by molar-refractivity contribution is -0.110. The minimum atomic E-state index is -0.183. The third kappa shape index (κ3) is 6.65. The van der Waals surface area contributed by atoms with E-state index < -0.39 is 0 Å². The fourth-order valence-electron chi connectivity index (χ4n) is 5.47. The van der Waals surface area contributed by atoms with Crippen molar-refractivity contribution in [2.45, 2.75) is 26.1 Å². The maximum atomic E-state index is 11.7. The fraction of sp³-hybridized carbons (Fsp3) is 0.103. The second-order valence-electron chi connectivity index (χ2n) is 11.0. The van der Waals surface area contributed by atoms with Gasteiger partial charge in [-0.1, -0.05) is 72.8 Å². The van der Waals surface area contributed by atoms with E-state index in [-0.39, 0.29) is 11.5 Å². The van der Waals surface area contributed by atoms with Crippen molar-refractivity contribution in [1.82, 2.24) is 9.97 Å². The lowest BCUT2D eigenvalue weighted by Crippen LogP contribution is -1.98. The molecule has 3 heterocycles. The predicted molar refractivity (Wildman–Crippen MR) is 184 cm³/mol. The van der Waals surface area contributed by atoms with E-state index in [1.54, 1.807) is 6.26 Å². The third-order valence-corrected chi connectivity index (χ3v) is 8.05. The highest BCUT2D eigenvalue weighted by molar-refractivity contribution is 7.96. The van der Waals surface area contributed by atoms with Crippen molar-refractivity contribution in [3.8, 4) is 33.8 Å². The SMILES string of the molecule is O=C(S)CCc1occ(-c2ccc(OCc3ccc4ccccc4n3)cc2)c1-c1ccc(OCc2ccc3ccccc3n2)cc1. The summed E-state index contributed by atoms with van der Waals surface area (Å²) in [6.07, 6.45) is 2.47. The molecule has 0 fully saturated rings. The van der Waals surface area contributed by atoms with Gasteiger partial charge < -0.3 is 13.9 Å². The summed E-state index contributed by atoms with van der Waals surface area (Å²) in [4.78, 5) is 21.1. The van der Waals surface area contributed by atoms with E-state index in [1.807, 2.05) is 109 Å². The number of furan rings is 1. The molecule has 0 saturated heterocycles. The zero-order valence-corrected chi connectivity index (χ0v) is 25.8. The lowest BCUT2D eigenvalue weighted by atomic mass is 9.95. The van der Waals surface area contributed by atoms with E-state index in [2.05, 4.69) is 24.8 Å². The van der Waals surface area contributed by atoms with Crippen LogP contribution in [0.2, 0.25) is 0 Å². The Morgan fingerprint density at radius 1 is 0.630 bits per heavy atom. The van der Waals surface area contributed by atoms with Crippen LogP contribution in [0.1, 0.15) is 23.6 Å². The number of benzene rings is 4. The standard InChI is InChI=1S/C39H30N2O4S/c42-38(46)22-21-37-39(29-13-19-33(20-14-29)44-24-31-16-10-28-6-2-4-8-36(28)41-31)34(25-45-37)26-11-17-32(18-12-26)43-23-30-15-9-27-5-1-3-7-35(27)40-30/h1-20,25H,21-24H2,(H,42,46). The van der Waals surface area contributed by atoms with E-state index in [1.165, 1.54) is 0 Å². The molecule has 0 bridgehead atoms. The number of pyridine rings is 2. The van der Waals surface area contributed by atoms with Crippen molar-refractivity contribution in [2.75, 3.05) is 0 Å². The number of nitrogens with zero attached hydrogens (tertiary/aromatic N) is 2. The second kappa shape index (κ2) is 13.3. The molecule has 0 saturated carbocycles. The Bertz CT molecular complexity index is 2140. The molecule has 46 heavy (non-hydrogen) atoms. The van der Waals surface area contributed by atoms with Crippen LogP contribution >= 0.6 is 12.6 Å². The number of aromatic nitrogens is 2. The molecular formula is C39H30N2O4S. The van der Waals surface area contributed by atoms with Crippen molar-refractivity contribution in [1.29, 1.82) is 0 Å². The van der Waals surface area contributed by atoms with Gasteiger partial charge in [0.2, 0.25) is 0 Å². The number of fused-ring (bicyclic) bond motifs is 2. The number of rotatable bonds is 11. The first-order valence-corrected chi connectivity index (χ1v) is 15.5. The number of hydrogen-bond acceptors (Lipinski definition) is 6. The summed E-state index contributed by atoms with van der Waals surface area (Å²) in [6, 6.07) is 40.0. The molecular weight excluding hydrogens is 593 g/mol. The summed E-state index contributed by atoms with van der Waals surface area (Å²) in [6.45, 7) is 0.732. The largest absolute Gasteiger partial charge is 0.487 e. The highest BCUT2D eigenvalue weighted by atomic mass is 32.1. The van der Waals surface area contributed by atoms with Gasteiger partial charge >= 0.3 is 0 Å². The van der Waals surface area contributed by atoms with Gasteiger partial charge in [0.1, 0.15) is 30.5 Å². The number of hydrogen-bond donors (Lipinski definition) is 1. The Kier molecular flexibility index (Phi) is 8.48. The Labute approximate surface area is 272 Å². The van der Waals surface area contributed by atoms with Gasteiger partial charge in [-0.15, -0.1) is 12.6 Å². The first-order chi connectivity index (χ1) is 22.6. The fourth-order valence-corrected chi connectivity index (χ4v) is 5.58. The first-order valence-electron chi connectivity index (χ1n) is 15.1. The van der Waals surface area contributed by atoms with Crippen molar-refractivity contribution in [2.24, 2.45) is 0 Å². The van der Waals surface area contributed by atoms with Crippen LogP contribution in [-0.4, -0.2) is 15.1 Å². The highest BCUT2D eigenvalue weighted by Crippen LogP contribution is 2.38. The average Bonchev–Trinajstić information content (AvgIpc) is 3.53. The monoisotopic (exact) mass is 622 g/mol. The van der Waals surface area contributed by atoms with Crippen LogP contribution in [0, 0.1) is 0 Å². The van der Waals surface area contributed by atoms with E-state index in [9.17, 15) is 4.79 Å². The average molecular weight is 623 g/mol. The van der Waals surface area contributed by atoms with Crippen molar-refractivity contribution < 1.29 is 18.7 Å². The summed E-state index contributed by atoms with van der Waals surface area (Å²) in [7, 11) is 0. The van der Waals surface area contributed by atoms with Gasteiger partial charge in [0.25, 0.3) is 0 Å². The predicted octanol–water partition coefficient (Wildman–Crippen LogP) is 9.26. The number of para-hydroxylation sites is 2. The van der Waals surface area contributed by atoms with E-state index in [0.29, 0.717) is 19.6 Å². The van der Waals surface area contributed by atoms with E-state index in [0.717, 1.165) is 72.7 Å². The summed E-state index contributed by atoms with van der Waals surface area (Å²) in [5.74, 6) is 2.21. The molecule has 4 aromatic carbocycles. The van der Waals surface area contributed by atoms with E-state index in [4.69, 9.17) is 23.9 Å². The Hall–Kier alpha value is -5.40. The summed E-state index contributed by atoms with van der Waals surface area (Å²) < 4.78 is 18.2. The van der Waals surface area contributed by atoms with Gasteiger partial charge in [-0.25, -0.2) is 9.97 Å². The number of carbonyl (C=O) groups excluding carboxylic acids is 1. The first kappa shape index (κ1) is 29.3. The molecule has 0 amide bonds. The molecule has 0 atom stereocenters. The van der Waals surface area contributed by atoms with Gasteiger partial charge in [-0.05, 0) is 59.7 Å². The van der Waals surface area contributed by atoms with Crippen LogP contribution in [0.4, 0.5) is 0 Å². The number of ether oxygens (including phenoxy) is 2. The molecule has 0 radical (unpaired) electrons. The smallest absolute Gasteiger partial charge is 0.186 e. The number of aryl methyl sites for hydroxylation is 1. The minimum Gasteiger partial charge on any atom is -0.487 e. The van der Waals surface area contributed by atoms with Crippen LogP contribution in [0.5, 0.6) is 11.5 Å². The van der Waals surface area contributed by atoms with Crippen molar-refractivity contribution in [3.63, 3.8) is 0 Å². The maximum absolute atomic E-state index is 11.7. The normalized spacial score (nSPS) is 11.2. The van der Waals surface area contributed by atoms with Crippen LogP contribution in [0.25, 0.3) is 44.1 Å². The Morgan fingerprint density at radius 3 is 1.70 bits per heavy atom. The molecule has 0 aliphatic carbocycles. The molecule has 6 nitrogen and oxygen atoms in total. The molecule has 0 spiro atoms. The van der Waals surface area contributed by atoms with Gasteiger partial charge in [-0.2, -0.15) is 0 Å². The maximum Gasteiger partial charge on any atom is 0.186 e. The Balaban J connectivity index is 1.08. The molecule has 0 unspecified atom stereocenters. The van der Waals surface area contributed by atoms with Gasteiger partial charge in [0, 0.05) is 34.7 Å². The second-order valence-corrected chi connectivity index (χ2v) is 11.5. The molecule has 3 aromatic heterocycles. The molecule has 7 rings (SSSR count). The van der Waals surface area contributed by atoms with Crippen molar-refractivity contribution in [3.05, 3.63) is 145 Å². The topological polar surface area (TPSA) is 74.5 Å². The van der Waals surface area contributed by atoms with Crippen LogP contribution in [-0.2, 0) is 24.4 Å². The van der Waals surface area contributed by atoms with Gasteiger partial charge in [-0.3, -0.25) is 4.79 Å². The molecule has 0 N–H and O–H groups in total. The summed E-state index contributed by atoms with van der Waals surface area (Å²) in [5, 5.41) is 2.02. The zero-order valence-electron chi connectivity index (χ0n) is 24.9. The summed E-state index contributed by atoms with van der Waals surface area (Å²) in [5.41, 5.74) is 7.42.